The van der Waals surface area contributed by atoms with E-state index < -0.39 is 10.9 Å². The molecule has 2 rings (SSSR count). The second-order valence-electron chi connectivity index (χ2n) is 4.61. The highest BCUT2D eigenvalue weighted by molar-refractivity contribution is 5.94. The van der Waals surface area contributed by atoms with Crippen LogP contribution in [0.1, 0.15) is 27.0 Å². The van der Waals surface area contributed by atoms with Crippen LogP contribution in [0.5, 0.6) is 0 Å². The summed E-state index contributed by atoms with van der Waals surface area (Å²) < 4.78 is 5.11. The summed E-state index contributed by atoms with van der Waals surface area (Å²) >= 11 is 0. The van der Waals surface area contributed by atoms with Gasteiger partial charge in [-0.05, 0) is 30.7 Å². The van der Waals surface area contributed by atoms with E-state index in [-0.39, 0.29) is 17.9 Å². The maximum absolute atomic E-state index is 12.0. The number of esters is 1. The standard InChI is InChI=1S/C16H12N2O4/c1-11-3-2-4-14(15(11)18(20)21)16(19)22-10-13-7-5-12(9-17)6-8-13/h2-8H,10H2,1H3. The van der Waals surface area contributed by atoms with E-state index >= 15 is 0 Å². The number of nitriles is 1. The molecule has 6 nitrogen and oxygen atoms in total. The highest BCUT2D eigenvalue weighted by Gasteiger charge is 2.23. The topological polar surface area (TPSA) is 93.2 Å². The second-order valence-corrected chi connectivity index (χ2v) is 4.61. The SMILES string of the molecule is Cc1cccc(C(=O)OCc2ccc(C#N)cc2)c1[N+](=O)[O-]. The summed E-state index contributed by atoms with van der Waals surface area (Å²) in [6.07, 6.45) is 0. The summed E-state index contributed by atoms with van der Waals surface area (Å²) in [6.45, 7) is 1.55. The third kappa shape index (κ3) is 3.27. The number of hydrogen-bond donors (Lipinski definition) is 0. The van der Waals surface area contributed by atoms with Crippen LogP contribution in [0, 0.1) is 28.4 Å². The summed E-state index contributed by atoms with van der Waals surface area (Å²) in [6, 6.07) is 13.0. The van der Waals surface area contributed by atoms with Crippen molar-refractivity contribution >= 4 is 11.7 Å². The number of nitro benzene ring substituents is 1. The third-order valence-electron chi connectivity index (χ3n) is 3.09. The molecule has 2 aromatic carbocycles. The Kier molecular flexibility index (Phi) is 4.49. The maximum Gasteiger partial charge on any atom is 0.345 e. The Balaban J connectivity index is 2.14. The molecule has 6 heteroatoms. The fourth-order valence-electron chi connectivity index (χ4n) is 1.97. The van der Waals surface area contributed by atoms with Crippen molar-refractivity contribution in [2.45, 2.75) is 13.5 Å². The largest absolute Gasteiger partial charge is 0.457 e. The highest BCUT2D eigenvalue weighted by Crippen LogP contribution is 2.24. The molecular weight excluding hydrogens is 284 g/mol. The zero-order valence-corrected chi connectivity index (χ0v) is 11.8. The lowest BCUT2D eigenvalue weighted by Gasteiger charge is -2.07. The first kappa shape index (κ1) is 15.2. The monoisotopic (exact) mass is 296 g/mol. The van der Waals surface area contributed by atoms with E-state index in [0.29, 0.717) is 16.7 Å². The first-order chi connectivity index (χ1) is 10.5. The average Bonchev–Trinajstić information content (AvgIpc) is 2.52. The normalized spacial score (nSPS) is 9.82. The minimum Gasteiger partial charge on any atom is -0.457 e. The summed E-state index contributed by atoms with van der Waals surface area (Å²) in [5.74, 6) is -0.750. The van der Waals surface area contributed by atoms with E-state index in [9.17, 15) is 14.9 Å². The number of para-hydroxylation sites is 1. The Labute approximate surface area is 126 Å². The van der Waals surface area contributed by atoms with Gasteiger partial charge in [0.05, 0.1) is 16.6 Å². The van der Waals surface area contributed by atoms with Crippen LogP contribution < -0.4 is 0 Å². The van der Waals surface area contributed by atoms with Gasteiger partial charge in [-0.3, -0.25) is 10.1 Å². The first-order valence-electron chi connectivity index (χ1n) is 6.43. The van der Waals surface area contributed by atoms with Crippen LogP contribution in [0.25, 0.3) is 0 Å². The van der Waals surface area contributed by atoms with Crippen molar-refractivity contribution in [3.05, 3.63) is 74.8 Å². The lowest BCUT2D eigenvalue weighted by atomic mass is 10.1. The van der Waals surface area contributed by atoms with E-state index in [2.05, 4.69) is 0 Å². The van der Waals surface area contributed by atoms with Crippen LogP contribution in [-0.4, -0.2) is 10.9 Å². The lowest BCUT2D eigenvalue weighted by molar-refractivity contribution is -0.385. The molecule has 0 heterocycles. The minimum atomic E-state index is -0.750. The van der Waals surface area contributed by atoms with E-state index in [1.165, 1.54) is 6.07 Å². The van der Waals surface area contributed by atoms with Crippen molar-refractivity contribution in [3.63, 3.8) is 0 Å². The Hall–Kier alpha value is -3.20. The van der Waals surface area contributed by atoms with Gasteiger partial charge in [0.15, 0.2) is 0 Å². The molecule has 0 saturated carbocycles. The molecule has 0 aliphatic carbocycles. The molecule has 0 bridgehead atoms. The van der Waals surface area contributed by atoms with E-state index in [1.54, 1.807) is 43.3 Å². The van der Waals surface area contributed by atoms with E-state index in [1.807, 2.05) is 6.07 Å². The molecule has 0 aliphatic rings. The molecule has 0 radical (unpaired) electrons. The van der Waals surface area contributed by atoms with Gasteiger partial charge in [0.1, 0.15) is 12.2 Å². The van der Waals surface area contributed by atoms with Gasteiger partial charge in [0.25, 0.3) is 5.69 Å². The van der Waals surface area contributed by atoms with Crippen LogP contribution in [0.15, 0.2) is 42.5 Å². The maximum atomic E-state index is 12.0. The molecule has 0 atom stereocenters. The molecule has 0 amide bonds. The van der Waals surface area contributed by atoms with Gasteiger partial charge in [-0.25, -0.2) is 4.79 Å². The fourth-order valence-corrected chi connectivity index (χ4v) is 1.97. The number of benzene rings is 2. The molecule has 0 saturated heterocycles. The van der Waals surface area contributed by atoms with Gasteiger partial charge in [-0.1, -0.05) is 24.3 Å². The summed E-state index contributed by atoms with van der Waals surface area (Å²) in [5.41, 5.74) is 1.29. The minimum absolute atomic E-state index is 0.0182. The van der Waals surface area contributed by atoms with Gasteiger partial charge < -0.3 is 4.74 Å². The molecule has 0 fully saturated rings. The van der Waals surface area contributed by atoms with E-state index in [4.69, 9.17) is 10.00 Å². The second kappa shape index (κ2) is 6.50. The Morgan fingerprint density at radius 2 is 1.95 bits per heavy atom. The van der Waals surface area contributed by atoms with Gasteiger partial charge in [-0.2, -0.15) is 5.26 Å². The van der Waals surface area contributed by atoms with Crippen molar-refractivity contribution < 1.29 is 14.5 Å². The molecule has 0 spiro atoms. The van der Waals surface area contributed by atoms with Crippen LogP contribution >= 0.6 is 0 Å². The number of nitrogens with zero attached hydrogens (tertiary/aromatic N) is 2. The number of aryl methyl sites for hydroxylation is 1. The first-order valence-corrected chi connectivity index (χ1v) is 6.43. The van der Waals surface area contributed by atoms with Gasteiger partial charge in [0, 0.05) is 5.56 Å². The van der Waals surface area contributed by atoms with Crippen molar-refractivity contribution in [1.82, 2.24) is 0 Å². The number of carbonyl (C=O) groups is 1. The van der Waals surface area contributed by atoms with E-state index in [0.717, 1.165) is 0 Å². The molecule has 0 N–H and O–H groups in total. The number of carbonyl (C=O) groups excluding carboxylic acids is 1. The molecule has 2 aromatic rings. The molecule has 22 heavy (non-hydrogen) atoms. The average molecular weight is 296 g/mol. The molecular formula is C16H12N2O4. The summed E-state index contributed by atoms with van der Waals surface area (Å²) in [5, 5.41) is 19.8. The zero-order valence-electron chi connectivity index (χ0n) is 11.8. The van der Waals surface area contributed by atoms with Crippen molar-refractivity contribution in [2.24, 2.45) is 0 Å². The Morgan fingerprint density at radius 3 is 2.55 bits per heavy atom. The third-order valence-corrected chi connectivity index (χ3v) is 3.09. The van der Waals surface area contributed by atoms with Gasteiger partial charge in [0.2, 0.25) is 0 Å². The number of hydrogen-bond acceptors (Lipinski definition) is 5. The fraction of sp³-hybridized carbons (Fsp3) is 0.125. The van der Waals surface area contributed by atoms with Crippen molar-refractivity contribution in [2.75, 3.05) is 0 Å². The highest BCUT2D eigenvalue weighted by atomic mass is 16.6. The van der Waals surface area contributed by atoms with Crippen molar-refractivity contribution in [1.29, 1.82) is 5.26 Å². The predicted octanol–water partition coefficient (Wildman–Crippen LogP) is 3.13. The number of rotatable bonds is 4. The van der Waals surface area contributed by atoms with Gasteiger partial charge >= 0.3 is 5.97 Å². The summed E-state index contributed by atoms with van der Waals surface area (Å²) in [7, 11) is 0. The molecule has 0 aromatic heterocycles. The zero-order chi connectivity index (χ0) is 16.1. The molecule has 0 aliphatic heterocycles. The number of nitro groups is 1. The summed E-state index contributed by atoms with van der Waals surface area (Å²) in [4.78, 5) is 22.5. The predicted molar refractivity (Wildman–Crippen MR) is 78.1 cm³/mol. The van der Waals surface area contributed by atoms with Crippen molar-refractivity contribution in [3.8, 4) is 6.07 Å². The van der Waals surface area contributed by atoms with Crippen LogP contribution in [0.3, 0.4) is 0 Å². The Bertz CT molecular complexity index is 761. The van der Waals surface area contributed by atoms with Crippen LogP contribution in [0.2, 0.25) is 0 Å². The molecule has 110 valence electrons. The number of ether oxygens (including phenoxy) is 1. The molecule has 0 unspecified atom stereocenters. The lowest BCUT2D eigenvalue weighted by Crippen LogP contribution is -2.09. The quantitative estimate of drug-likeness (QED) is 0.491. The van der Waals surface area contributed by atoms with Gasteiger partial charge in [-0.15, -0.1) is 0 Å². The smallest absolute Gasteiger partial charge is 0.345 e. The van der Waals surface area contributed by atoms with Crippen LogP contribution in [-0.2, 0) is 11.3 Å². The Morgan fingerprint density at radius 1 is 1.27 bits per heavy atom. The van der Waals surface area contributed by atoms with Crippen LogP contribution in [0.4, 0.5) is 5.69 Å².